The minimum absolute atomic E-state index is 0.0363. The number of allylic oxidation sites excluding steroid dienone is 13. The number of hydrogen-bond acceptors (Lipinski definition) is 6. The number of carbonyl (C=O) groups is 2. The summed E-state index contributed by atoms with van der Waals surface area (Å²) in [5.74, 6) is -0.510. The van der Waals surface area contributed by atoms with E-state index in [1.807, 2.05) is 33.3 Å². The molecule has 1 amide bonds. The van der Waals surface area contributed by atoms with Crippen molar-refractivity contribution >= 4 is 19.7 Å². The molecule has 506 valence electrons. The van der Waals surface area contributed by atoms with Crippen LogP contribution < -0.4 is 5.32 Å². The molecule has 0 aromatic heterocycles. The summed E-state index contributed by atoms with van der Waals surface area (Å²) in [4.78, 5) is 38.0. The van der Waals surface area contributed by atoms with Gasteiger partial charge in [0.05, 0.1) is 33.8 Å². The van der Waals surface area contributed by atoms with E-state index in [0.717, 1.165) is 122 Å². The van der Waals surface area contributed by atoms with Gasteiger partial charge < -0.3 is 19.4 Å². The van der Waals surface area contributed by atoms with Crippen molar-refractivity contribution in [2.45, 2.75) is 354 Å². The number of unbranched alkanes of at least 4 members (excludes halogenated alkanes) is 39. The highest BCUT2D eigenvalue weighted by molar-refractivity contribution is 7.47. The summed E-state index contributed by atoms with van der Waals surface area (Å²) >= 11 is 0. The van der Waals surface area contributed by atoms with E-state index in [2.05, 4.69) is 99.0 Å². The Morgan fingerprint density at radius 3 is 1.10 bits per heavy atom. The van der Waals surface area contributed by atoms with Crippen LogP contribution in [0, 0.1) is 0 Å². The number of nitrogens with zero attached hydrogens (tertiary/aromatic N) is 1. The van der Waals surface area contributed by atoms with Crippen molar-refractivity contribution < 1.29 is 37.3 Å². The number of quaternary nitrogens is 1. The van der Waals surface area contributed by atoms with Gasteiger partial charge >= 0.3 is 13.8 Å². The number of phosphoric acid groups is 1. The van der Waals surface area contributed by atoms with Gasteiger partial charge in [-0.25, -0.2) is 4.57 Å². The number of likely N-dealkylation sites (N-methyl/N-ethyl adjacent to an activating group) is 1. The molecule has 0 radical (unpaired) electrons. The normalized spacial score (nSPS) is 14.0. The lowest BCUT2D eigenvalue weighted by Gasteiger charge is -2.27. The first-order valence-electron chi connectivity index (χ1n) is 36.9. The molecular weight excluding hydrogens is 1100 g/mol. The molecule has 0 rings (SSSR count). The Hall–Kier alpha value is -2.81. The SMILES string of the molecule is CC/C=C\C/C=C\C/C=C\C/C=C\C/C=C\C/C=C\CCCCCCCCC(=O)OC(/C=C/CCCCCCCCCCCCC)C(COP(=O)(O)OCC[N+](C)(C)C)NC(=O)CCCCCCCCCCCCCCCCCCCCCCCCC. The average Bonchev–Trinajstić information content (AvgIpc) is 3.70. The third kappa shape index (κ3) is 67.4. The minimum atomic E-state index is -4.46. The number of esters is 1. The van der Waals surface area contributed by atoms with E-state index >= 15 is 0 Å². The molecule has 0 saturated carbocycles. The Morgan fingerprint density at radius 2 is 0.736 bits per heavy atom. The lowest BCUT2D eigenvalue weighted by molar-refractivity contribution is -0.870. The quantitative estimate of drug-likeness (QED) is 0.0205. The van der Waals surface area contributed by atoms with Gasteiger partial charge in [0.15, 0.2) is 0 Å². The molecular formula is C77H142N2O7P+. The summed E-state index contributed by atoms with van der Waals surface area (Å²) in [6.45, 7) is 6.94. The van der Waals surface area contributed by atoms with Gasteiger partial charge in [0.1, 0.15) is 19.3 Å². The molecule has 0 bridgehead atoms. The predicted molar refractivity (Wildman–Crippen MR) is 378 cm³/mol. The summed E-state index contributed by atoms with van der Waals surface area (Å²) in [5.41, 5.74) is 0. The Balaban J connectivity index is 5.10. The van der Waals surface area contributed by atoms with E-state index in [9.17, 15) is 19.0 Å². The smallest absolute Gasteiger partial charge is 0.456 e. The molecule has 0 spiro atoms. The van der Waals surface area contributed by atoms with Gasteiger partial charge in [-0.2, -0.15) is 0 Å². The summed E-state index contributed by atoms with van der Waals surface area (Å²) in [5, 5.41) is 3.08. The molecule has 9 nitrogen and oxygen atoms in total. The predicted octanol–water partition coefficient (Wildman–Crippen LogP) is 23.7. The maximum absolute atomic E-state index is 13.6. The first kappa shape index (κ1) is 84.2. The van der Waals surface area contributed by atoms with Crippen molar-refractivity contribution in [3.63, 3.8) is 0 Å². The first-order chi connectivity index (χ1) is 42.4. The topological polar surface area (TPSA) is 111 Å². The van der Waals surface area contributed by atoms with E-state index in [4.69, 9.17) is 13.8 Å². The third-order valence-electron chi connectivity index (χ3n) is 16.3. The molecule has 3 atom stereocenters. The maximum atomic E-state index is 13.6. The van der Waals surface area contributed by atoms with E-state index in [1.165, 1.54) is 186 Å². The molecule has 0 fully saturated rings. The zero-order chi connectivity index (χ0) is 63.5. The number of rotatable bonds is 67. The summed E-state index contributed by atoms with van der Waals surface area (Å²) in [6, 6.07) is -0.858. The van der Waals surface area contributed by atoms with Crippen molar-refractivity contribution in [2.24, 2.45) is 0 Å². The minimum Gasteiger partial charge on any atom is -0.456 e. The van der Waals surface area contributed by atoms with E-state index < -0.39 is 20.0 Å². The van der Waals surface area contributed by atoms with Gasteiger partial charge in [-0.1, -0.05) is 331 Å². The van der Waals surface area contributed by atoms with Gasteiger partial charge in [0.2, 0.25) is 5.91 Å². The number of ether oxygens (including phenoxy) is 1. The van der Waals surface area contributed by atoms with Crippen LogP contribution in [-0.4, -0.2) is 74.3 Å². The molecule has 3 unspecified atom stereocenters. The van der Waals surface area contributed by atoms with Crippen molar-refractivity contribution in [2.75, 3.05) is 40.9 Å². The Morgan fingerprint density at radius 1 is 0.414 bits per heavy atom. The molecule has 10 heteroatoms. The summed E-state index contributed by atoms with van der Waals surface area (Å²) in [6.07, 6.45) is 88.8. The zero-order valence-corrected chi connectivity index (χ0v) is 58.9. The van der Waals surface area contributed by atoms with Crippen molar-refractivity contribution in [1.82, 2.24) is 5.32 Å². The second kappa shape index (κ2) is 66.1. The second-order valence-corrected chi connectivity index (χ2v) is 27.5. The van der Waals surface area contributed by atoms with Crippen LogP contribution in [0.5, 0.6) is 0 Å². The number of nitrogens with one attached hydrogen (secondary N) is 1. The highest BCUT2D eigenvalue weighted by atomic mass is 31.2. The van der Waals surface area contributed by atoms with Crippen LogP contribution in [0.2, 0.25) is 0 Å². The third-order valence-corrected chi connectivity index (χ3v) is 17.3. The van der Waals surface area contributed by atoms with Crippen molar-refractivity contribution in [1.29, 1.82) is 0 Å². The highest BCUT2D eigenvalue weighted by Gasteiger charge is 2.30. The molecule has 0 saturated heterocycles. The van der Waals surface area contributed by atoms with E-state index in [0.29, 0.717) is 17.4 Å². The maximum Gasteiger partial charge on any atom is 0.472 e. The number of carbonyl (C=O) groups excluding carboxylic acids is 2. The van der Waals surface area contributed by atoms with Crippen LogP contribution >= 0.6 is 7.82 Å². The van der Waals surface area contributed by atoms with Crippen LogP contribution in [0.3, 0.4) is 0 Å². The van der Waals surface area contributed by atoms with Crippen LogP contribution in [-0.2, 0) is 27.9 Å². The average molecular weight is 1240 g/mol. The molecule has 87 heavy (non-hydrogen) atoms. The number of phosphoric ester groups is 1. The van der Waals surface area contributed by atoms with Crippen LogP contribution in [0.15, 0.2) is 85.1 Å². The van der Waals surface area contributed by atoms with Crippen LogP contribution in [0.4, 0.5) is 0 Å². The standard InChI is InChI=1S/C77H141N2O7P/c1-7-10-13-16-19-22-25-28-30-32-34-36-38-39-41-43-45-47-49-52-55-58-61-64-67-70-77(81)86-75(68-65-62-59-56-53-50-27-24-21-18-15-12-9-3)74(73-85-87(82,83)84-72-71-79(4,5)6)78-76(80)69-66-63-60-57-54-51-48-46-44-42-40-37-35-33-31-29-26-23-20-17-14-11-8-2/h10,13,19,22,28,30,34,36,39,41,45,47,65,68,74-75H,7-9,11-12,14-18,20-21,23-27,29,31-33,35,37-38,40,42-44,46,48-64,66-67,69-73H2,1-6H3,(H-,78,80,82,83)/p+1/b13-10-,22-19-,30-28-,36-34-,41-39-,47-45-,68-65+. The van der Waals surface area contributed by atoms with Gasteiger partial charge in [-0.3, -0.25) is 18.6 Å². The number of hydrogen-bond donors (Lipinski definition) is 2. The summed E-state index contributed by atoms with van der Waals surface area (Å²) < 4.78 is 30.9. The van der Waals surface area contributed by atoms with Crippen LogP contribution in [0.25, 0.3) is 0 Å². The molecule has 0 aliphatic heterocycles. The fraction of sp³-hybridized carbons (Fsp3) is 0.792. The summed E-state index contributed by atoms with van der Waals surface area (Å²) in [7, 11) is 1.49. The fourth-order valence-corrected chi connectivity index (χ4v) is 11.4. The Labute approximate surface area is 539 Å². The van der Waals surface area contributed by atoms with Crippen molar-refractivity contribution in [3.05, 3.63) is 85.1 Å². The highest BCUT2D eigenvalue weighted by Crippen LogP contribution is 2.43. The van der Waals surface area contributed by atoms with Crippen LogP contribution in [0.1, 0.15) is 342 Å². The monoisotopic (exact) mass is 1240 g/mol. The van der Waals surface area contributed by atoms with Gasteiger partial charge in [0, 0.05) is 12.8 Å². The van der Waals surface area contributed by atoms with E-state index in [-0.39, 0.29) is 31.5 Å². The Bertz CT molecular complexity index is 1760. The lowest BCUT2D eigenvalue weighted by Crippen LogP contribution is -2.47. The van der Waals surface area contributed by atoms with Gasteiger partial charge in [-0.05, 0) is 83.1 Å². The zero-order valence-electron chi connectivity index (χ0n) is 58.0. The fourth-order valence-electron chi connectivity index (χ4n) is 10.7. The van der Waals surface area contributed by atoms with Crippen molar-refractivity contribution in [3.8, 4) is 0 Å². The molecule has 0 aromatic rings. The molecule has 0 aliphatic carbocycles. The Kier molecular flexibility index (Phi) is 64.0. The first-order valence-corrected chi connectivity index (χ1v) is 38.4. The molecule has 0 aromatic carbocycles. The molecule has 0 aliphatic rings. The lowest BCUT2D eigenvalue weighted by atomic mass is 10.0. The van der Waals surface area contributed by atoms with Gasteiger partial charge in [-0.15, -0.1) is 0 Å². The largest absolute Gasteiger partial charge is 0.472 e. The second-order valence-electron chi connectivity index (χ2n) is 26.1. The number of amides is 1. The molecule has 2 N–H and O–H groups in total. The van der Waals surface area contributed by atoms with Gasteiger partial charge in [0.25, 0.3) is 0 Å². The molecule has 0 heterocycles. The van der Waals surface area contributed by atoms with E-state index in [1.54, 1.807) is 0 Å².